The molecule has 0 unspecified atom stereocenters. The van der Waals surface area contributed by atoms with E-state index in [1.165, 1.54) is 15.4 Å². The average Bonchev–Trinajstić information content (AvgIpc) is 2.97. The van der Waals surface area contributed by atoms with Crippen molar-refractivity contribution in [2.45, 2.75) is 26.7 Å². The van der Waals surface area contributed by atoms with Crippen molar-refractivity contribution < 1.29 is 9.53 Å². The van der Waals surface area contributed by atoms with Gasteiger partial charge in [0.25, 0.3) is 11.5 Å². The summed E-state index contributed by atoms with van der Waals surface area (Å²) >= 11 is 6.37. The molecule has 0 atom stereocenters. The van der Waals surface area contributed by atoms with Gasteiger partial charge in [-0.2, -0.15) is 4.98 Å². The predicted octanol–water partition coefficient (Wildman–Crippen LogP) is 4.75. The van der Waals surface area contributed by atoms with Gasteiger partial charge < -0.3 is 4.74 Å². The van der Waals surface area contributed by atoms with Gasteiger partial charge in [-0.05, 0) is 48.2 Å². The van der Waals surface area contributed by atoms with Crippen LogP contribution >= 0.6 is 24.0 Å². The van der Waals surface area contributed by atoms with E-state index >= 15 is 0 Å². The van der Waals surface area contributed by atoms with Crippen LogP contribution in [0, 0.1) is 6.92 Å². The SMILES string of the molecule is Cc1ccc(C(C)C)c(Oc2nc3ccccn3c(=O)c2/C=C2\SC(=S)N(C)C2=O)c1. The van der Waals surface area contributed by atoms with Gasteiger partial charge in [0.15, 0.2) is 0 Å². The van der Waals surface area contributed by atoms with Crippen LogP contribution in [-0.4, -0.2) is 31.6 Å². The van der Waals surface area contributed by atoms with Crippen molar-refractivity contribution in [1.29, 1.82) is 0 Å². The highest BCUT2D eigenvalue weighted by molar-refractivity contribution is 8.26. The van der Waals surface area contributed by atoms with Crippen LogP contribution in [0.25, 0.3) is 11.7 Å². The number of benzene rings is 1. The molecule has 0 spiro atoms. The predicted molar refractivity (Wildman–Crippen MR) is 128 cm³/mol. The summed E-state index contributed by atoms with van der Waals surface area (Å²) in [6, 6.07) is 11.3. The number of amides is 1. The second kappa shape index (κ2) is 8.28. The van der Waals surface area contributed by atoms with Crippen LogP contribution in [0.1, 0.15) is 36.5 Å². The first-order valence-electron chi connectivity index (χ1n) is 9.77. The number of pyridine rings is 1. The highest BCUT2D eigenvalue weighted by Crippen LogP contribution is 2.35. The number of fused-ring (bicyclic) bond motifs is 1. The molecule has 0 bridgehead atoms. The molecule has 1 aliphatic heterocycles. The Bertz CT molecular complexity index is 1310. The topological polar surface area (TPSA) is 63.9 Å². The van der Waals surface area contributed by atoms with E-state index in [0.29, 0.717) is 20.6 Å². The number of ether oxygens (including phenoxy) is 1. The van der Waals surface area contributed by atoms with Crippen molar-refractivity contribution in [3.63, 3.8) is 0 Å². The van der Waals surface area contributed by atoms with E-state index in [9.17, 15) is 9.59 Å². The molecule has 0 saturated carbocycles. The second-order valence-corrected chi connectivity index (χ2v) is 9.28. The fourth-order valence-electron chi connectivity index (χ4n) is 3.27. The molecule has 1 saturated heterocycles. The Morgan fingerprint density at radius 1 is 1.19 bits per heavy atom. The summed E-state index contributed by atoms with van der Waals surface area (Å²) in [7, 11) is 1.61. The van der Waals surface area contributed by atoms with E-state index in [1.54, 1.807) is 31.4 Å². The Morgan fingerprint density at radius 2 is 1.97 bits per heavy atom. The number of likely N-dealkylation sites (N-methyl/N-ethyl adjacent to an activating group) is 1. The van der Waals surface area contributed by atoms with Crippen molar-refractivity contribution in [2.24, 2.45) is 0 Å². The van der Waals surface area contributed by atoms with Gasteiger partial charge in [0, 0.05) is 13.2 Å². The molecular formula is C23H21N3O3S2. The molecule has 3 heterocycles. The molecule has 0 N–H and O–H groups in total. The molecule has 4 rings (SSSR count). The highest BCUT2D eigenvalue weighted by Gasteiger charge is 2.30. The van der Waals surface area contributed by atoms with Crippen molar-refractivity contribution in [1.82, 2.24) is 14.3 Å². The molecule has 2 aromatic heterocycles. The Balaban J connectivity index is 1.93. The molecule has 1 aliphatic rings. The first-order valence-corrected chi connectivity index (χ1v) is 11.0. The first-order chi connectivity index (χ1) is 14.8. The standard InChI is InChI=1S/C23H21N3O3S2/c1-13(2)15-9-8-14(3)11-17(15)29-20-16(12-18-22(28)25(4)23(30)31-18)21(27)26-10-6-5-7-19(26)24-20/h5-13H,1-4H3/b18-12-. The molecular weight excluding hydrogens is 430 g/mol. The van der Waals surface area contributed by atoms with Crippen LogP contribution in [0.2, 0.25) is 0 Å². The largest absolute Gasteiger partial charge is 0.438 e. The van der Waals surface area contributed by atoms with E-state index in [-0.39, 0.29) is 28.8 Å². The Kier molecular flexibility index (Phi) is 5.68. The van der Waals surface area contributed by atoms with E-state index in [4.69, 9.17) is 17.0 Å². The van der Waals surface area contributed by atoms with Gasteiger partial charge in [-0.25, -0.2) is 0 Å². The van der Waals surface area contributed by atoms with Gasteiger partial charge >= 0.3 is 0 Å². The molecule has 1 amide bonds. The Morgan fingerprint density at radius 3 is 2.65 bits per heavy atom. The number of thioether (sulfide) groups is 1. The summed E-state index contributed by atoms with van der Waals surface area (Å²) in [5, 5.41) is 0. The van der Waals surface area contributed by atoms with Crippen molar-refractivity contribution >= 4 is 45.9 Å². The minimum absolute atomic E-state index is 0.157. The van der Waals surface area contributed by atoms with Crippen molar-refractivity contribution in [3.8, 4) is 11.6 Å². The van der Waals surface area contributed by atoms with Crippen LogP contribution in [0.15, 0.2) is 52.3 Å². The molecule has 158 valence electrons. The molecule has 0 radical (unpaired) electrons. The lowest BCUT2D eigenvalue weighted by molar-refractivity contribution is -0.121. The fourth-order valence-corrected chi connectivity index (χ4v) is 4.43. The van der Waals surface area contributed by atoms with E-state index in [2.05, 4.69) is 18.8 Å². The summed E-state index contributed by atoms with van der Waals surface area (Å²) in [5.74, 6) is 0.763. The normalized spacial score (nSPS) is 15.5. The van der Waals surface area contributed by atoms with Crippen molar-refractivity contribution in [2.75, 3.05) is 7.05 Å². The molecule has 8 heteroatoms. The number of aryl methyl sites for hydroxylation is 1. The number of rotatable bonds is 4. The van der Waals surface area contributed by atoms with Crippen LogP contribution in [0.5, 0.6) is 11.6 Å². The Hall–Kier alpha value is -2.97. The molecule has 0 aliphatic carbocycles. The lowest BCUT2D eigenvalue weighted by Crippen LogP contribution is -2.23. The summed E-state index contributed by atoms with van der Waals surface area (Å²) < 4.78 is 8.11. The number of carbonyl (C=O) groups excluding carboxylic acids is 1. The van der Waals surface area contributed by atoms with Gasteiger partial charge in [0.05, 0.1) is 4.91 Å². The van der Waals surface area contributed by atoms with Crippen LogP contribution in [-0.2, 0) is 4.79 Å². The lowest BCUT2D eigenvalue weighted by Gasteiger charge is -2.16. The summed E-state index contributed by atoms with van der Waals surface area (Å²) in [4.78, 5) is 32.2. The molecule has 3 aromatic rings. The zero-order chi connectivity index (χ0) is 22.3. The zero-order valence-electron chi connectivity index (χ0n) is 17.6. The van der Waals surface area contributed by atoms with Crippen LogP contribution < -0.4 is 10.3 Å². The van der Waals surface area contributed by atoms with Gasteiger partial charge in [-0.1, -0.05) is 56.0 Å². The number of nitrogens with zero attached hydrogens (tertiary/aromatic N) is 3. The average molecular weight is 452 g/mol. The van der Waals surface area contributed by atoms with Gasteiger partial charge in [0.2, 0.25) is 5.88 Å². The lowest BCUT2D eigenvalue weighted by atomic mass is 10.0. The third kappa shape index (κ3) is 4.00. The fraction of sp³-hybridized carbons (Fsp3) is 0.217. The summed E-state index contributed by atoms with van der Waals surface area (Å²) in [6.45, 7) is 6.13. The van der Waals surface area contributed by atoms with Gasteiger partial charge in [-0.3, -0.25) is 18.9 Å². The van der Waals surface area contributed by atoms with Crippen molar-refractivity contribution in [3.05, 3.63) is 74.5 Å². The van der Waals surface area contributed by atoms with Crippen LogP contribution in [0.3, 0.4) is 0 Å². The second-order valence-electron chi connectivity index (χ2n) is 7.60. The molecule has 1 aromatic carbocycles. The maximum Gasteiger partial charge on any atom is 0.269 e. The molecule has 31 heavy (non-hydrogen) atoms. The first kappa shape index (κ1) is 21.3. The third-order valence-electron chi connectivity index (χ3n) is 4.99. The third-order valence-corrected chi connectivity index (χ3v) is 6.48. The molecule has 1 fully saturated rings. The minimum Gasteiger partial charge on any atom is -0.438 e. The quantitative estimate of drug-likeness (QED) is 0.421. The van der Waals surface area contributed by atoms with Gasteiger partial charge in [-0.15, -0.1) is 0 Å². The maximum absolute atomic E-state index is 13.3. The van der Waals surface area contributed by atoms with Crippen LogP contribution in [0.4, 0.5) is 0 Å². The number of hydrogen-bond acceptors (Lipinski definition) is 6. The maximum atomic E-state index is 13.3. The number of thiocarbonyl (C=S) groups is 1. The number of carbonyl (C=O) groups is 1. The Labute approximate surface area is 189 Å². The monoisotopic (exact) mass is 451 g/mol. The van der Waals surface area contributed by atoms with E-state index in [1.807, 2.05) is 25.1 Å². The smallest absolute Gasteiger partial charge is 0.269 e. The summed E-state index contributed by atoms with van der Waals surface area (Å²) in [5.41, 5.74) is 2.38. The minimum atomic E-state index is -0.319. The van der Waals surface area contributed by atoms with E-state index < -0.39 is 0 Å². The zero-order valence-corrected chi connectivity index (χ0v) is 19.2. The number of aromatic nitrogens is 2. The molecule has 6 nitrogen and oxygen atoms in total. The summed E-state index contributed by atoms with van der Waals surface area (Å²) in [6.07, 6.45) is 3.17. The highest BCUT2D eigenvalue weighted by atomic mass is 32.2. The number of hydrogen-bond donors (Lipinski definition) is 0. The van der Waals surface area contributed by atoms with E-state index in [0.717, 1.165) is 22.9 Å². The van der Waals surface area contributed by atoms with Gasteiger partial charge in [0.1, 0.15) is 21.3 Å².